The zero-order valence-corrected chi connectivity index (χ0v) is 16.1. The number of carbonyl (C=O) groups excluding carboxylic acids is 1. The zero-order valence-electron chi connectivity index (χ0n) is 16.1. The normalized spacial score (nSPS) is 17.6. The van der Waals surface area contributed by atoms with Crippen LogP contribution in [0.3, 0.4) is 0 Å². The number of urea groups is 1. The van der Waals surface area contributed by atoms with Crippen molar-refractivity contribution in [1.29, 1.82) is 0 Å². The van der Waals surface area contributed by atoms with Gasteiger partial charge in [-0.15, -0.1) is 0 Å². The van der Waals surface area contributed by atoms with Gasteiger partial charge in [0.1, 0.15) is 11.9 Å². The Bertz CT molecular complexity index is 902. The Kier molecular flexibility index (Phi) is 4.87. The molecule has 2 aliphatic heterocycles. The summed E-state index contributed by atoms with van der Waals surface area (Å²) in [6, 6.07) is 8.86. The zero-order chi connectivity index (χ0) is 19.7. The van der Waals surface area contributed by atoms with Gasteiger partial charge in [0.2, 0.25) is 12.5 Å². The summed E-state index contributed by atoms with van der Waals surface area (Å²) in [6.07, 6.45) is 0.466. The Morgan fingerprint density at radius 2 is 2.07 bits per heavy atom. The first-order valence-corrected chi connectivity index (χ1v) is 9.02. The fourth-order valence-electron chi connectivity index (χ4n) is 3.61. The van der Waals surface area contributed by atoms with Gasteiger partial charge < -0.3 is 29.6 Å². The lowest BCUT2D eigenvalue weighted by molar-refractivity contribution is 0.169. The van der Waals surface area contributed by atoms with E-state index in [0.717, 1.165) is 24.1 Å². The van der Waals surface area contributed by atoms with E-state index in [1.165, 1.54) is 0 Å². The molecule has 1 unspecified atom stereocenters. The van der Waals surface area contributed by atoms with Gasteiger partial charge in [0, 0.05) is 23.9 Å². The first-order chi connectivity index (χ1) is 13.6. The lowest BCUT2D eigenvalue weighted by atomic mass is 9.95. The Morgan fingerprint density at radius 3 is 2.86 bits per heavy atom. The third-order valence-electron chi connectivity index (χ3n) is 4.99. The number of rotatable bonds is 4. The summed E-state index contributed by atoms with van der Waals surface area (Å²) in [5.74, 6) is 2.53. The van der Waals surface area contributed by atoms with Crippen molar-refractivity contribution in [3.8, 4) is 23.0 Å². The quantitative estimate of drug-likeness (QED) is 0.842. The maximum absolute atomic E-state index is 12.7. The molecule has 8 heteroatoms. The van der Waals surface area contributed by atoms with Crippen LogP contribution in [0.1, 0.15) is 17.3 Å². The lowest BCUT2D eigenvalue weighted by Gasteiger charge is -2.36. The first kappa shape index (κ1) is 18.2. The molecule has 0 radical (unpaired) electrons. The summed E-state index contributed by atoms with van der Waals surface area (Å²) >= 11 is 0. The number of hydrogen-bond acceptors (Lipinski definition) is 6. The van der Waals surface area contributed by atoms with Crippen molar-refractivity contribution in [1.82, 2.24) is 10.2 Å². The summed E-state index contributed by atoms with van der Waals surface area (Å²) in [5, 5.41) is 5.89. The highest BCUT2D eigenvalue weighted by Gasteiger charge is 2.34. The van der Waals surface area contributed by atoms with Crippen molar-refractivity contribution in [3.63, 3.8) is 0 Å². The van der Waals surface area contributed by atoms with E-state index in [4.69, 9.17) is 18.9 Å². The van der Waals surface area contributed by atoms with E-state index in [1.807, 2.05) is 25.2 Å². The number of nitrogens with zero attached hydrogens (tertiary/aromatic N) is 1. The van der Waals surface area contributed by atoms with Gasteiger partial charge in [-0.3, -0.25) is 4.90 Å². The summed E-state index contributed by atoms with van der Waals surface area (Å²) < 4.78 is 22.0. The van der Waals surface area contributed by atoms with Gasteiger partial charge in [0.05, 0.1) is 14.2 Å². The average Bonchev–Trinajstić information content (AvgIpc) is 3.17. The van der Waals surface area contributed by atoms with Crippen LogP contribution in [0.25, 0.3) is 0 Å². The van der Waals surface area contributed by atoms with E-state index in [2.05, 4.69) is 15.5 Å². The van der Waals surface area contributed by atoms with Crippen molar-refractivity contribution < 1.29 is 23.7 Å². The van der Waals surface area contributed by atoms with E-state index in [-0.39, 0.29) is 19.0 Å². The average molecular weight is 385 g/mol. The smallest absolute Gasteiger partial charge is 0.320 e. The van der Waals surface area contributed by atoms with Gasteiger partial charge in [0.15, 0.2) is 11.5 Å². The van der Waals surface area contributed by atoms with Crippen LogP contribution < -0.4 is 29.6 Å². The van der Waals surface area contributed by atoms with Gasteiger partial charge >= 0.3 is 6.03 Å². The Hall–Kier alpha value is -3.13. The molecule has 0 aliphatic carbocycles. The summed E-state index contributed by atoms with van der Waals surface area (Å²) in [4.78, 5) is 14.8. The number of amides is 2. The molecule has 8 nitrogen and oxygen atoms in total. The Labute approximate surface area is 163 Å². The predicted octanol–water partition coefficient (Wildman–Crippen LogP) is 2.74. The van der Waals surface area contributed by atoms with E-state index in [1.54, 1.807) is 26.4 Å². The van der Waals surface area contributed by atoms with Gasteiger partial charge in [-0.2, -0.15) is 0 Å². The molecule has 2 N–H and O–H groups in total. The number of ether oxygens (including phenoxy) is 4. The molecule has 2 heterocycles. The highest BCUT2D eigenvalue weighted by atomic mass is 16.7. The van der Waals surface area contributed by atoms with Crippen molar-refractivity contribution >= 4 is 11.7 Å². The van der Waals surface area contributed by atoms with E-state index >= 15 is 0 Å². The predicted molar refractivity (Wildman–Crippen MR) is 103 cm³/mol. The second-order valence-corrected chi connectivity index (χ2v) is 6.68. The molecule has 0 aromatic heterocycles. The van der Waals surface area contributed by atoms with Gasteiger partial charge in [-0.05, 0) is 37.2 Å². The van der Waals surface area contributed by atoms with Crippen LogP contribution in [0.2, 0.25) is 0 Å². The lowest BCUT2D eigenvalue weighted by Crippen LogP contribution is -2.45. The molecule has 0 saturated heterocycles. The molecule has 28 heavy (non-hydrogen) atoms. The fraction of sp³-hybridized carbons (Fsp3) is 0.350. The first-order valence-electron chi connectivity index (χ1n) is 9.02. The van der Waals surface area contributed by atoms with Crippen molar-refractivity contribution in [3.05, 3.63) is 41.5 Å². The third-order valence-corrected chi connectivity index (χ3v) is 4.99. The minimum Gasteiger partial charge on any atom is -0.497 e. The van der Waals surface area contributed by atoms with E-state index < -0.39 is 0 Å². The van der Waals surface area contributed by atoms with E-state index in [9.17, 15) is 4.79 Å². The highest BCUT2D eigenvalue weighted by Crippen LogP contribution is 2.48. The number of nitrogens with one attached hydrogen (secondary N) is 2. The van der Waals surface area contributed by atoms with Crippen molar-refractivity contribution in [2.45, 2.75) is 12.6 Å². The molecule has 0 spiro atoms. The van der Waals surface area contributed by atoms with Crippen molar-refractivity contribution in [2.24, 2.45) is 0 Å². The monoisotopic (exact) mass is 385 g/mol. The fourth-order valence-corrected chi connectivity index (χ4v) is 3.61. The molecule has 2 aromatic carbocycles. The topological polar surface area (TPSA) is 81.3 Å². The maximum Gasteiger partial charge on any atom is 0.320 e. The second kappa shape index (κ2) is 7.47. The standard InChI is InChI=1S/C20H23N3O5/c1-23-8-7-12-9-15-17(28-11-27-15)18(26-3)16(12)19(23)22-20(24)21-13-5-4-6-14(10-13)25-2/h4-6,9-10,19H,7-8,11H2,1-3H3,(H2,21,22,24). The van der Waals surface area contributed by atoms with Crippen LogP contribution in [-0.2, 0) is 6.42 Å². The molecule has 148 valence electrons. The van der Waals surface area contributed by atoms with Crippen molar-refractivity contribution in [2.75, 3.05) is 39.9 Å². The molecule has 2 amide bonds. The summed E-state index contributed by atoms with van der Waals surface area (Å²) in [5.41, 5.74) is 2.61. The molecule has 1 atom stereocenters. The Balaban J connectivity index is 1.61. The molecular formula is C20H23N3O5. The number of anilines is 1. The number of hydrogen-bond donors (Lipinski definition) is 2. The minimum atomic E-state index is -0.362. The molecule has 4 rings (SSSR count). The summed E-state index contributed by atoms with van der Waals surface area (Å²) in [6.45, 7) is 0.957. The van der Waals surface area contributed by atoms with Crippen LogP contribution in [0.5, 0.6) is 23.0 Å². The number of fused-ring (bicyclic) bond motifs is 2. The number of likely N-dealkylation sites (N-methyl/N-ethyl adjacent to an activating group) is 1. The van der Waals surface area contributed by atoms with Crippen LogP contribution in [0, 0.1) is 0 Å². The molecular weight excluding hydrogens is 362 g/mol. The SMILES string of the molecule is COc1cccc(NC(=O)NC2c3c(cc4c(c3OC)OCO4)CCN2C)c1. The van der Waals surface area contributed by atoms with Gasteiger partial charge in [0.25, 0.3) is 0 Å². The second-order valence-electron chi connectivity index (χ2n) is 6.68. The number of methoxy groups -OCH3 is 2. The molecule has 2 aliphatic rings. The highest BCUT2D eigenvalue weighted by molar-refractivity contribution is 5.89. The largest absolute Gasteiger partial charge is 0.497 e. The Morgan fingerprint density at radius 1 is 1.21 bits per heavy atom. The number of carbonyl (C=O) groups is 1. The minimum absolute atomic E-state index is 0.166. The van der Waals surface area contributed by atoms with Crippen LogP contribution >= 0.6 is 0 Å². The summed E-state index contributed by atoms with van der Waals surface area (Å²) in [7, 11) is 5.15. The number of benzene rings is 2. The van der Waals surface area contributed by atoms with E-state index in [0.29, 0.717) is 28.7 Å². The molecule has 0 saturated carbocycles. The molecule has 2 aromatic rings. The van der Waals surface area contributed by atoms with Crippen LogP contribution in [-0.4, -0.2) is 45.5 Å². The van der Waals surface area contributed by atoms with Gasteiger partial charge in [-0.25, -0.2) is 4.79 Å². The van der Waals surface area contributed by atoms with Crippen LogP contribution in [0.4, 0.5) is 10.5 Å². The third kappa shape index (κ3) is 3.27. The van der Waals surface area contributed by atoms with Gasteiger partial charge in [-0.1, -0.05) is 6.07 Å². The molecule has 0 bridgehead atoms. The van der Waals surface area contributed by atoms with Crippen LogP contribution in [0.15, 0.2) is 30.3 Å². The molecule has 0 fully saturated rings. The maximum atomic E-state index is 12.7.